The molecule has 7 heteroatoms. The van der Waals surface area contributed by atoms with Crippen LogP contribution in [0.15, 0.2) is 23.4 Å². The molecule has 0 saturated carbocycles. The second kappa shape index (κ2) is 5.40. The molecule has 0 fully saturated rings. The van der Waals surface area contributed by atoms with Crippen molar-refractivity contribution in [3.63, 3.8) is 0 Å². The van der Waals surface area contributed by atoms with E-state index in [0.717, 1.165) is 0 Å². The highest BCUT2D eigenvalue weighted by Crippen LogP contribution is 2.29. The molecule has 114 valence electrons. The summed E-state index contributed by atoms with van der Waals surface area (Å²) in [5, 5.41) is 9.86. The molecule has 0 aliphatic heterocycles. The molecule has 2 aromatic rings. The predicted octanol–water partition coefficient (Wildman–Crippen LogP) is 2.33. The van der Waals surface area contributed by atoms with Crippen LogP contribution in [0.3, 0.4) is 0 Å². The van der Waals surface area contributed by atoms with Crippen LogP contribution in [-0.4, -0.2) is 23.1 Å². The summed E-state index contributed by atoms with van der Waals surface area (Å²) in [6.07, 6.45) is 1.50. The average molecular weight is 309 g/mol. The topological polar surface area (TPSA) is 84.2 Å². The number of aromatic hydroxyl groups is 1. The molecule has 0 radical (unpaired) electrons. The standard InChI is InChI=1S/C14H19N3O3S/c1-5-17-8-13(15-11(17)4)21(19,20)16-12-7-6-9(2)14(18)10(12)3/h6-8,16,18H,5H2,1-4H3. The van der Waals surface area contributed by atoms with Gasteiger partial charge in [0.05, 0.1) is 5.69 Å². The SMILES string of the molecule is CCn1cc(S(=O)(=O)Nc2ccc(C)c(O)c2C)nc1C. The Hall–Kier alpha value is -2.02. The predicted molar refractivity (Wildman–Crippen MR) is 81.0 cm³/mol. The van der Waals surface area contributed by atoms with E-state index in [1.165, 1.54) is 6.20 Å². The highest BCUT2D eigenvalue weighted by atomic mass is 32.2. The van der Waals surface area contributed by atoms with Gasteiger partial charge in [0, 0.05) is 18.3 Å². The summed E-state index contributed by atoms with van der Waals surface area (Å²) in [4.78, 5) is 4.07. The number of phenols is 1. The van der Waals surface area contributed by atoms with Crippen LogP contribution in [0.25, 0.3) is 0 Å². The van der Waals surface area contributed by atoms with Crippen LogP contribution in [0.1, 0.15) is 23.9 Å². The molecule has 0 atom stereocenters. The third-order valence-electron chi connectivity index (χ3n) is 3.45. The quantitative estimate of drug-likeness (QED) is 0.908. The van der Waals surface area contributed by atoms with Gasteiger partial charge in [-0.3, -0.25) is 4.72 Å². The van der Waals surface area contributed by atoms with Gasteiger partial charge in [-0.25, -0.2) is 4.98 Å². The Balaban J connectivity index is 2.40. The van der Waals surface area contributed by atoms with Crippen LogP contribution in [0.5, 0.6) is 5.75 Å². The Bertz CT molecular complexity index is 779. The maximum absolute atomic E-state index is 12.4. The monoisotopic (exact) mass is 309 g/mol. The molecule has 1 heterocycles. The lowest BCUT2D eigenvalue weighted by Crippen LogP contribution is -2.14. The molecule has 0 aliphatic rings. The van der Waals surface area contributed by atoms with Crippen molar-refractivity contribution in [2.24, 2.45) is 0 Å². The fraction of sp³-hybridized carbons (Fsp3) is 0.357. The largest absolute Gasteiger partial charge is 0.507 e. The van der Waals surface area contributed by atoms with Crippen LogP contribution in [0.4, 0.5) is 5.69 Å². The van der Waals surface area contributed by atoms with E-state index in [-0.39, 0.29) is 10.8 Å². The average Bonchev–Trinajstić information content (AvgIpc) is 2.81. The number of nitrogens with one attached hydrogen (secondary N) is 1. The van der Waals surface area contributed by atoms with E-state index in [0.29, 0.717) is 29.2 Å². The van der Waals surface area contributed by atoms with Gasteiger partial charge in [0.2, 0.25) is 0 Å². The first-order chi connectivity index (χ1) is 9.76. The first-order valence-corrected chi connectivity index (χ1v) is 8.10. The van der Waals surface area contributed by atoms with E-state index in [1.807, 2.05) is 6.92 Å². The van der Waals surface area contributed by atoms with Gasteiger partial charge in [0.25, 0.3) is 10.0 Å². The zero-order chi connectivity index (χ0) is 15.8. The molecule has 1 aromatic heterocycles. The zero-order valence-corrected chi connectivity index (χ0v) is 13.3. The Labute approximate surface area is 124 Å². The summed E-state index contributed by atoms with van der Waals surface area (Å²) in [5.41, 5.74) is 1.54. The summed E-state index contributed by atoms with van der Waals surface area (Å²) < 4.78 is 29.0. The van der Waals surface area contributed by atoms with Gasteiger partial charge in [-0.05, 0) is 39.3 Å². The lowest BCUT2D eigenvalue weighted by molar-refractivity contribution is 0.467. The van der Waals surface area contributed by atoms with Crippen LogP contribution < -0.4 is 4.72 Å². The molecular formula is C14H19N3O3S. The fourth-order valence-corrected chi connectivity index (χ4v) is 3.21. The smallest absolute Gasteiger partial charge is 0.280 e. The van der Waals surface area contributed by atoms with Crippen LogP contribution in [0, 0.1) is 20.8 Å². The van der Waals surface area contributed by atoms with Gasteiger partial charge in [0.15, 0.2) is 5.03 Å². The number of aromatic nitrogens is 2. The normalized spacial score (nSPS) is 11.6. The third kappa shape index (κ3) is 2.87. The highest BCUT2D eigenvalue weighted by molar-refractivity contribution is 7.92. The zero-order valence-electron chi connectivity index (χ0n) is 12.5. The molecule has 21 heavy (non-hydrogen) atoms. The van der Waals surface area contributed by atoms with Crippen LogP contribution >= 0.6 is 0 Å². The maximum atomic E-state index is 12.4. The first-order valence-electron chi connectivity index (χ1n) is 6.62. The number of rotatable bonds is 4. The number of phenolic OH excluding ortho intramolecular Hbond substituents is 1. The molecule has 0 saturated heterocycles. The van der Waals surface area contributed by atoms with Crippen molar-refractivity contribution in [3.05, 3.63) is 35.3 Å². The number of imidazole rings is 1. The minimum atomic E-state index is -3.77. The summed E-state index contributed by atoms with van der Waals surface area (Å²) in [6.45, 7) is 7.74. The first kappa shape index (κ1) is 15.4. The van der Waals surface area contributed by atoms with Gasteiger partial charge >= 0.3 is 0 Å². The summed E-state index contributed by atoms with van der Waals surface area (Å²) in [6, 6.07) is 3.29. The second-order valence-corrected chi connectivity index (χ2v) is 6.55. The number of aryl methyl sites for hydroxylation is 3. The number of sulfonamides is 1. The molecule has 2 rings (SSSR count). The van der Waals surface area contributed by atoms with Gasteiger partial charge in [-0.1, -0.05) is 6.07 Å². The van der Waals surface area contributed by atoms with E-state index in [1.54, 1.807) is 37.5 Å². The van der Waals surface area contributed by atoms with Crippen molar-refractivity contribution >= 4 is 15.7 Å². The molecule has 0 aliphatic carbocycles. The lowest BCUT2D eigenvalue weighted by atomic mass is 10.1. The van der Waals surface area contributed by atoms with Gasteiger partial charge < -0.3 is 9.67 Å². The lowest BCUT2D eigenvalue weighted by Gasteiger charge is -2.11. The van der Waals surface area contributed by atoms with E-state index in [2.05, 4.69) is 9.71 Å². The minimum Gasteiger partial charge on any atom is -0.507 e. The fourth-order valence-electron chi connectivity index (χ4n) is 2.07. The number of nitrogens with zero attached hydrogens (tertiary/aromatic N) is 2. The van der Waals surface area contributed by atoms with Crippen molar-refractivity contribution in [2.45, 2.75) is 39.3 Å². The Morgan fingerprint density at radius 2 is 1.95 bits per heavy atom. The Morgan fingerprint density at radius 1 is 1.29 bits per heavy atom. The molecule has 0 bridgehead atoms. The van der Waals surface area contributed by atoms with Crippen LogP contribution in [0.2, 0.25) is 0 Å². The summed E-state index contributed by atoms with van der Waals surface area (Å²) in [5.74, 6) is 0.729. The molecule has 2 N–H and O–H groups in total. The van der Waals surface area contributed by atoms with E-state index in [9.17, 15) is 13.5 Å². The highest BCUT2D eigenvalue weighted by Gasteiger charge is 2.20. The second-order valence-electron chi connectivity index (χ2n) is 4.92. The van der Waals surface area contributed by atoms with Crippen molar-refractivity contribution in [1.82, 2.24) is 9.55 Å². The maximum Gasteiger partial charge on any atom is 0.280 e. The van der Waals surface area contributed by atoms with Gasteiger partial charge in [0.1, 0.15) is 11.6 Å². The number of benzene rings is 1. The molecular weight excluding hydrogens is 290 g/mol. The van der Waals surface area contributed by atoms with Crippen molar-refractivity contribution in [1.29, 1.82) is 0 Å². The third-order valence-corrected chi connectivity index (χ3v) is 4.68. The Morgan fingerprint density at radius 3 is 2.52 bits per heavy atom. The minimum absolute atomic E-state index is 0.0266. The number of anilines is 1. The molecule has 0 unspecified atom stereocenters. The number of hydrogen-bond donors (Lipinski definition) is 2. The van der Waals surface area contributed by atoms with Crippen molar-refractivity contribution in [2.75, 3.05) is 4.72 Å². The van der Waals surface area contributed by atoms with Crippen molar-refractivity contribution in [3.8, 4) is 5.75 Å². The van der Waals surface area contributed by atoms with E-state index in [4.69, 9.17) is 0 Å². The summed E-state index contributed by atoms with van der Waals surface area (Å²) >= 11 is 0. The van der Waals surface area contributed by atoms with Gasteiger partial charge in [-0.2, -0.15) is 8.42 Å². The van der Waals surface area contributed by atoms with Crippen molar-refractivity contribution < 1.29 is 13.5 Å². The molecule has 0 amide bonds. The van der Waals surface area contributed by atoms with E-state index >= 15 is 0 Å². The van der Waals surface area contributed by atoms with Gasteiger partial charge in [-0.15, -0.1) is 0 Å². The molecule has 6 nitrogen and oxygen atoms in total. The Kier molecular flexibility index (Phi) is 3.95. The molecule has 0 spiro atoms. The van der Waals surface area contributed by atoms with Crippen LogP contribution in [-0.2, 0) is 16.6 Å². The number of hydrogen-bond acceptors (Lipinski definition) is 4. The van der Waals surface area contributed by atoms with E-state index < -0.39 is 10.0 Å². The molecule has 1 aromatic carbocycles. The summed E-state index contributed by atoms with van der Waals surface area (Å²) in [7, 11) is -3.77.